The van der Waals surface area contributed by atoms with Crippen LogP contribution >= 0.6 is 0 Å². The number of unbranched alkanes of at least 4 members (excludes halogenated alkanes) is 1. The number of imide groups is 1. The third kappa shape index (κ3) is 7.95. The van der Waals surface area contributed by atoms with Crippen molar-refractivity contribution in [1.29, 1.82) is 0 Å². The molecule has 3 atom stereocenters. The molecule has 0 aromatic heterocycles. The lowest BCUT2D eigenvalue weighted by molar-refractivity contribution is -0.158. The molecule has 2 aromatic carbocycles. The Morgan fingerprint density at radius 1 is 1.10 bits per heavy atom. The standard InChI is InChI=1S/C31H35NO8/c1-20-10-9-13-24(16-20)26(27(35)14-7-8-15-33)18-28(36)29(40-22(3)34)21(2)30(37)32-25(19-39-31(32)38)17-23-11-5-4-6-12-23/h4-6,9-13,16,18,21,25,29,33H,7-8,14-15,17,19H2,1-3H3. The van der Waals surface area contributed by atoms with Gasteiger partial charge in [0.05, 0.1) is 12.0 Å². The van der Waals surface area contributed by atoms with Crippen molar-refractivity contribution in [2.45, 2.75) is 58.6 Å². The average Bonchev–Trinajstić information content (AvgIpc) is 3.29. The van der Waals surface area contributed by atoms with Crippen molar-refractivity contribution in [3.05, 3.63) is 77.4 Å². The maximum atomic E-state index is 13.6. The van der Waals surface area contributed by atoms with Crippen molar-refractivity contribution < 1.29 is 38.6 Å². The summed E-state index contributed by atoms with van der Waals surface area (Å²) in [7, 11) is 0. The number of esters is 1. The van der Waals surface area contributed by atoms with Gasteiger partial charge in [-0.05, 0) is 50.3 Å². The van der Waals surface area contributed by atoms with Gasteiger partial charge < -0.3 is 14.6 Å². The third-order valence-corrected chi connectivity index (χ3v) is 6.66. The van der Waals surface area contributed by atoms with E-state index in [-0.39, 0.29) is 31.0 Å². The van der Waals surface area contributed by atoms with E-state index < -0.39 is 41.8 Å². The summed E-state index contributed by atoms with van der Waals surface area (Å²) in [4.78, 5) is 65.8. The van der Waals surface area contributed by atoms with Gasteiger partial charge in [0.15, 0.2) is 17.7 Å². The predicted molar refractivity (Wildman–Crippen MR) is 147 cm³/mol. The lowest BCUT2D eigenvalue weighted by Crippen LogP contribution is -2.48. The van der Waals surface area contributed by atoms with E-state index in [9.17, 15) is 24.0 Å². The van der Waals surface area contributed by atoms with Gasteiger partial charge in [0, 0.05) is 25.5 Å². The van der Waals surface area contributed by atoms with Gasteiger partial charge in [-0.15, -0.1) is 0 Å². The maximum absolute atomic E-state index is 13.6. The van der Waals surface area contributed by atoms with Gasteiger partial charge in [0.1, 0.15) is 6.61 Å². The van der Waals surface area contributed by atoms with Crippen LogP contribution in [0.1, 0.15) is 49.8 Å². The third-order valence-electron chi connectivity index (χ3n) is 6.66. The smallest absolute Gasteiger partial charge is 0.416 e. The first-order valence-electron chi connectivity index (χ1n) is 13.3. The fraction of sp³-hybridized carbons (Fsp3) is 0.387. The molecule has 9 heteroatoms. The largest absolute Gasteiger partial charge is 0.453 e. The number of allylic oxidation sites excluding steroid dienone is 1. The van der Waals surface area contributed by atoms with E-state index in [1.807, 2.05) is 43.3 Å². The molecule has 3 unspecified atom stereocenters. The number of carbonyl (C=O) groups is 5. The van der Waals surface area contributed by atoms with Gasteiger partial charge in [0.2, 0.25) is 5.91 Å². The van der Waals surface area contributed by atoms with Crippen LogP contribution in [-0.4, -0.2) is 64.9 Å². The highest BCUT2D eigenvalue weighted by molar-refractivity contribution is 6.25. The van der Waals surface area contributed by atoms with E-state index in [1.54, 1.807) is 18.2 Å². The van der Waals surface area contributed by atoms with Gasteiger partial charge in [-0.3, -0.25) is 19.2 Å². The Morgan fingerprint density at radius 3 is 2.48 bits per heavy atom. The molecule has 0 saturated carbocycles. The van der Waals surface area contributed by atoms with Crippen LogP contribution in [0.15, 0.2) is 60.7 Å². The monoisotopic (exact) mass is 549 g/mol. The number of ketones is 2. The number of benzene rings is 2. The fourth-order valence-electron chi connectivity index (χ4n) is 4.59. The summed E-state index contributed by atoms with van der Waals surface area (Å²) in [6.07, 6.45) is 0.0189. The second-order valence-electron chi connectivity index (χ2n) is 9.88. The van der Waals surface area contributed by atoms with Crippen LogP contribution in [0.5, 0.6) is 0 Å². The number of aliphatic hydroxyl groups excluding tert-OH is 1. The Labute approximate surface area is 233 Å². The van der Waals surface area contributed by atoms with Gasteiger partial charge >= 0.3 is 12.1 Å². The second kappa shape index (κ2) is 14.3. The Morgan fingerprint density at radius 2 is 1.82 bits per heavy atom. The van der Waals surface area contributed by atoms with E-state index in [1.165, 1.54) is 6.92 Å². The van der Waals surface area contributed by atoms with Crippen molar-refractivity contribution in [2.75, 3.05) is 13.2 Å². The molecule has 9 nitrogen and oxygen atoms in total. The number of rotatable bonds is 13. The van der Waals surface area contributed by atoms with Crippen LogP contribution in [0.25, 0.3) is 5.57 Å². The Kier molecular flexibility index (Phi) is 10.9. The number of carbonyl (C=O) groups excluding carboxylic acids is 5. The summed E-state index contributed by atoms with van der Waals surface area (Å²) >= 11 is 0. The number of hydrogen-bond acceptors (Lipinski definition) is 8. The Bertz CT molecular complexity index is 1270. The number of amides is 2. The van der Waals surface area contributed by atoms with Crippen molar-refractivity contribution in [3.63, 3.8) is 0 Å². The lowest BCUT2D eigenvalue weighted by Gasteiger charge is -2.26. The van der Waals surface area contributed by atoms with Gasteiger partial charge in [-0.2, -0.15) is 0 Å². The quantitative estimate of drug-likeness (QED) is 0.227. The van der Waals surface area contributed by atoms with E-state index >= 15 is 0 Å². The molecule has 40 heavy (non-hydrogen) atoms. The zero-order valence-electron chi connectivity index (χ0n) is 23.0. The average molecular weight is 550 g/mol. The van der Waals surface area contributed by atoms with Crippen LogP contribution in [0.3, 0.4) is 0 Å². The van der Waals surface area contributed by atoms with Gasteiger partial charge in [-0.25, -0.2) is 9.69 Å². The number of Topliss-reactive ketones (excluding diaryl/α,β-unsaturated/α-hetero) is 1. The van der Waals surface area contributed by atoms with E-state index in [2.05, 4.69) is 0 Å². The Hall–Kier alpha value is -4.11. The highest BCUT2D eigenvalue weighted by Crippen LogP contribution is 2.25. The molecule has 1 aliphatic rings. The molecule has 0 radical (unpaired) electrons. The molecule has 0 spiro atoms. The molecule has 0 bridgehead atoms. The van der Waals surface area contributed by atoms with Gasteiger partial charge in [0.25, 0.3) is 0 Å². The topological polar surface area (TPSA) is 127 Å². The molecule has 2 amide bonds. The van der Waals surface area contributed by atoms with Crippen LogP contribution in [0.2, 0.25) is 0 Å². The SMILES string of the molecule is CC(=O)OC(C(=O)C=C(C(=O)CCCCO)c1cccc(C)c1)C(C)C(=O)N1C(=O)OCC1Cc1ccccc1. The number of ether oxygens (including phenoxy) is 2. The first-order chi connectivity index (χ1) is 19.1. The molecule has 1 aliphatic heterocycles. The molecule has 2 aromatic rings. The zero-order chi connectivity index (χ0) is 29.2. The first-order valence-corrected chi connectivity index (χ1v) is 13.3. The zero-order valence-corrected chi connectivity index (χ0v) is 23.0. The van der Waals surface area contributed by atoms with Crippen molar-refractivity contribution >= 4 is 35.1 Å². The molecule has 1 saturated heterocycles. The maximum Gasteiger partial charge on any atom is 0.416 e. The van der Waals surface area contributed by atoms with Crippen LogP contribution < -0.4 is 0 Å². The van der Waals surface area contributed by atoms with E-state index in [4.69, 9.17) is 14.6 Å². The molecule has 0 aliphatic carbocycles. The summed E-state index contributed by atoms with van der Waals surface area (Å²) in [5.41, 5.74) is 2.39. The number of aryl methyl sites for hydroxylation is 1. The van der Waals surface area contributed by atoms with Crippen molar-refractivity contribution in [2.24, 2.45) is 5.92 Å². The van der Waals surface area contributed by atoms with Crippen molar-refractivity contribution in [3.8, 4) is 0 Å². The van der Waals surface area contributed by atoms with Gasteiger partial charge in [-0.1, -0.05) is 60.2 Å². The minimum atomic E-state index is -1.57. The second-order valence-corrected chi connectivity index (χ2v) is 9.88. The van der Waals surface area contributed by atoms with Crippen LogP contribution in [0, 0.1) is 12.8 Å². The van der Waals surface area contributed by atoms with E-state index in [0.29, 0.717) is 24.8 Å². The Balaban J connectivity index is 1.91. The number of aliphatic hydroxyl groups is 1. The number of hydrogen-bond donors (Lipinski definition) is 1. The predicted octanol–water partition coefficient (Wildman–Crippen LogP) is 3.84. The van der Waals surface area contributed by atoms with E-state index in [0.717, 1.165) is 29.0 Å². The number of cyclic esters (lactones) is 1. The summed E-state index contributed by atoms with van der Waals surface area (Å²) < 4.78 is 10.5. The molecular formula is C31H35NO8. The summed E-state index contributed by atoms with van der Waals surface area (Å²) in [6, 6.07) is 15.8. The summed E-state index contributed by atoms with van der Waals surface area (Å²) in [5.74, 6) is -3.82. The first kappa shape index (κ1) is 30.4. The molecule has 1 N–H and O–H groups in total. The number of nitrogens with zero attached hydrogens (tertiary/aromatic N) is 1. The summed E-state index contributed by atoms with van der Waals surface area (Å²) in [5, 5.41) is 9.10. The summed E-state index contributed by atoms with van der Waals surface area (Å²) in [6.45, 7) is 4.31. The fourth-order valence-corrected chi connectivity index (χ4v) is 4.59. The van der Waals surface area contributed by atoms with Crippen LogP contribution in [0.4, 0.5) is 4.79 Å². The minimum Gasteiger partial charge on any atom is -0.453 e. The molecule has 1 heterocycles. The molecule has 3 rings (SSSR count). The minimum absolute atomic E-state index is 0.00187. The normalized spacial score (nSPS) is 16.7. The molecular weight excluding hydrogens is 514 g/mol. The highest BCUT2D eigenvalue weighted by Gasteiger charge is 2.43. The molecule has 1 fully saturated rings. The highest BCUT2D eigenvalue weighted by atomic mass is 16.6. The lowest BCUT2D eigenvalue weighted by atomic mass is 9.92. The molecule has 212 valence electrons. The van der Waals surface area contributed by atoms with Crippen LogP contribution in [-0.2, 0) is 35.1 Å². The van der Waals surface area contributed by atoms with Crippen molar-refractivity contribution in [1.82, 2.24) is 4.90 Å².